The largest absolute Gasteiger partial charge is 0.497 e. The van der Waals surface area contributed by atoms with Crippen LogP contribution >= 0.6 is 0 Å². The molecule has 0 fully saturated rings. The summed E-state index contributed by atoms with van der Waals surface area (Å²) in [6.45, 7) is 0. The van der Waals surface area contributed by atoms with Gasteiger partial charge in [-0.3, -0.25) is 0 Å². The van der Waals surface area contributed by atoms with Crippen LogP contribution in [0, 0.1) is 0 Å². The van der Waals surface area contributed by atoms with Gasteiger partial charge in [0.15, 0.2) is 0 Å². The van der Waals surface area contributed by atoms with Gasteiger partial charge in [0, 0.05) is 0 Å². The van der Waals surface area contributed by atoms with Crippen molar-refractivity contribution in [3.63, 3.8) is 0 Å². The third-order valence-electron chi connectivity index (χ3n) is 1.96. The van der Waals surface area contributed by atoms with Crippen LogP contribution in [0.1, 0.15) is 0 Å². The molecule has 0 spiro atoms. The Morgan fingerprint density at radius 1 is 0.588 bits per heavy atom. The van der Waals surface area contributed by atoms with Gasteiger partial charge < -0.3 is 9.47 Å². The van der Waals surface area contributed by atoms with Gasteiger partial charge in [-0.05, 0) is 24.3 Å². The number of hydrogen-bond donors (Lipinski definition) is 0. The van der Waals surface area contributed by atoms with Gasteiger partial charge in [-0.2, -0.15) is 0 Å². The normalized spacial score (nSPS) is 8.12. The molecule has 2 aromatic rings. The van der Waals surface area contributed by atoms with Gasteiger partial charge in [-0.25, -0.2) is 0 Å². The van der Waals surface area contributed by atoms with Crippen LogP contribution in [-0.4, -0.2) is 22.6 Å². The minimum absolute atomic E-state index is 0. The second-order valence-electron chi connectivity index (χ2n) is 3.03. The van der Waals surface area contributed by atoms with Gasteiger partial charge in [-0.1, -0.05) is 36.4 Å². The van der Waals surface area contributed by atoms with E-state index in [1.165, 1.54) is 0 Å². The fourth-order valence-corrected chi connectivity index (χ4v) is 1.11. The topological polar surface area (TPSA) is 18.5 Å². The molecule has 0 atom stereocenters. The lowest BCUT2D eigenvalue weighted by Gasteiger charge is -1.93. The lowest BCUT2D eigenvalue weighted by molar-refractivity contribution is 0.414. The highest BCUT2D eigenvalue weighted by atomic mass is 16.5. The van der Waals surface area contributed by atoms with Crippen LogP contribution in [0.3, 0.4) is 0 Å². The third-order valence-corrected chi connectivity index (χ3v) is 1.96. The first kappa shape index (κ1) is 15.1. The van der Waals surface area contributed by atoms with Crippen LogP contribution in [0.5, 0.6) is 11.5 Å². The lowest BCUT2D eigenvalue weighted by atomic mass is 10.3. The molecule has 0 N–H and O–H groups in total. The van der Waals surface area contributed by atoms with E-state index in [1.54, 1.807) is 14.2 Å². The van der Waals surface area contributed by atoms with Gasteiger partial charge in [-0.15, -0.1) is 0 Å². The summed E-state index contributed by atoms with van der Waals surface area (Å²) in [5.74, 6) is 1.82. The van der Waals surface area contributed by atoms with Crippen molar-refractivity contribution in [2.45, 2.75) is 0 Å². The molecule has 0 heterocycles. The molecule has 0 saturated heterocycles. The molecular weight excluding hydrogens is 211 g/mol. The average Bonchev–Trinajstić information content (AvgIpc) is 2.41. The van der Waals surface area contributed by atoms with Crippen molar-refractivity contribution < 1.29 is 9.47 Å². The number of benzene rings is 2. The molecule has 0 unspecified atom stereocenters. The Morgan fingerprint density at radius 2 is 0.882 bits per heavy atom. The molecule has 0 radical (unpaired) electrons. The summed E-state index contributed by atoms with van der Waals surface area (Å²) in [5.41, 5.74) is 0. The summed E-state index contributed by atoms with van der Waals surface area (Å²) >= 11 is 0. The standard InChI is InChI=1S/2C7H8O.BH3/c2*1-8-7-5-3-2-4-6-7;/h2*2-6H,1H3;1H3. The summed E-state index contributed by atoms with van der Waals surface area (Å²) in [4.78, 5) is 0. The first-order chi connectivity index (χ1) is 7.86. The van der Waals surface area contributed by atoms with Crippen molar-refractivity contribution in [3.05, 3.63) is 60.7 Å². The summed E-state index contributed by atoms with van der Waals surface area (Å²) in [6.07, 6.45) is 0. The first-order valence-corrected chi connectivity index (χ1v) is 5.05. The maximum atomic E-state index is 4.91. The van der Waals surface area contributed by atoms with E-state index < -0.39 is 0 Å². The fourth-order valence-electron chi connectivity index (χ4n) is 1.11. The van der Waals surface area contributed by atoms with Crippen LogP contribution in [0.25, 0.3) is 0 Å². The van der Waals surface area contributed by atoms with Gasteiger partial charge in [0.2, 0.25) is 0 Å². The highest BCUT2D eigenvalue weighted by Gasteiger charge is 1.80. The molecule has 2 nitrogen and oxygen atoms in total. The number of hydrogen-bond acceptors (Lipinski definition) is 2. The van der Waals surface area contributed by atoms with Crippen LogP contribution in [-0.2, 0) is 0 Å². The Hall–Kier alpha value is -1.90. The van der Waals surface area contributed by atoms with Crippen LogP contribution in [0.4, 0.5) is 0 Å². The highest BCUT2D eigenvalue weighted by Crippen LogP contribution is 2.06. The van der Waals surface area contributed by atoms with E-state index >= 15 is 0 Å². The zero-order valence-corrected chi connectivity index (χ0v) is 9.59. The van der Waals surface area contributed by atoms with Crippen molar-refractivity contribution in [1.82, 2.24) is 0 Å². The van der Waals surface area contributed by atoms with Gasteiger partial charge in [0.1, 0.15) is 11.5 Å². The molecule has 3 heteroatoms. The van der Waals surface area contributed by atoms with Crippen molar-refractivity contribution in [2.75, 3.05) is 14.2 Å². The number of ether oxygens (including phenoxy) is 2. The predicted molar refractivity (Wildman–Crippen MR) is 75.9 cm³/mol. The quantitative estimate of drug-likeness (QED) is 0.736. The Morgan fingerprint density at radius 3 is 1.06 bits per heavy atom. The Kier molecular flexibility index (Phi) is 8.30. The third kappa shape index (κ3) is 6.31. The Bertz CT molecular complexity index is 336. The summed E-state index contributed by atoms with van der Waals surface area (Å²) in [6, 6.07) is 19.4. The molecule has 0 saturated carbocycles. The maximum Gasteiger partial charge on any atom is 0.118 e. The van der Waals surface area contributed by atoms with Crippen LogP contribution < -0.4 is 9.47 Å². The predicted octanol–water partition coefficient (Wildman–Crippen LogP) is 2.21. The van der Waals surface area contributed by atoms with E-state index in [0.29, 0.717) is 0 Å². The fraction of sp³-hybridized carbons (Fsp3) is 0.143. The van der Waals surface area contributed by atoms with Crippen LogP contribution in [0.15, 0.2) is 60.7 Å². The van der Waals surface area contributed by atoms with Gasteiger partial charge >= 0.3 is 0 Å². The number of methoxy groups -OCH3 is 2. The second-order valence-corrected chi connectivity index (χ2v) is 3.03. The number of para-hydroxylation sites is 2. The zero-order valence-electron chi connectivity index (χ0n) is 9.59. The molecule has 0 aliphatic rings. The minimum atomic E-state index is 0. The highest BCUT2D eigenvalue weighted by molar-refractivity contribution is 5.75. The molecule has 0 aliphatic heterocycles. The van der Waals surface area contributed by atoms with Gasteiger partial charge in [0.05, 0.1) is 22.6 Å². The summed E-state index contributed by atoms with van der Waals surface area (Å²) < 4.78 is 9.83. The van der Waals surface area contributed by atoms with E-state index in [4.69, 9.17) is 9.47 Å². The van der Waals surface area contributed by atoms with Crippen molar-refractivity contribution in [2.24, 2.45) is 0 Å². The average molecular weight is 230 g/mol. The maximum absolute atomic E-state index is 4.91. The Balaban J connectivity index is 0.000000284. The smallest absolute Gasteiger partial charge is 0.118 e. The molecule has 2 rings (SSSR count). The number of rotatable bonds is 2. The molecule has 17 heavy (non-hydrogen) atoms. The van der Waals surface area contributed by atoms with E-state index in [1.807, 2.05) is 60.7 Å². The zero-order chi connectivity index (χ0) is 11.6. The second kappa shape index (κ2) is 9.34. The SMILES string of the molecule is B.COc1ccccc1.COc1ccccc1. The molecule has 90 valence electrons. The minimum Gasteiger partial charge on any atom is -0.497 e. The molecule has 2 aromatic carbocycles. The summed E-state index contributed by atoms with van der Waals surface area (Å²) in [5, 5.41) is 0. The van der Waals surface area contributed by atoms with E-state index in [9.17, 15) is 0 Å². The summed E-state index contributed by atoms with van der Waals surface area (Å²) in [7, 11) is 3.32. The van der Waals surface area contributed by atoms with Crippen molar-refractivity contribution >= 4 is 8.41 Å². The lowest BCUT2D eigenvalue weighted by Crippen LogP contribution is -1.78. The molecular formula is C14H19BO2. The molecule has 0 aliphatic carbocycles. The first-order valence-electron chi connectivity index (χ1n) is 5.05. The van der Waals surface area contributed by atoms with Crippen molar-refractivity contribution in [3.8, 4) is 11.5 Å². The van der Waals surface area contributed by atoms with Crippen molar-refractivity contribution in [1.29, 1.82) is 0 Å². The van der Waals surface area contributed by atoms with Crippen LogP contribution in [0.2, 0.25) is 0 Å². The van der Waals surface area contributed by atoms with E-state index in [2.05, 4.69) is 0 Å². The van der Waals surface area contributed by atoms with E-state index in [0.717, 1.165) is 11.5 Å². The van der Waals surface area contributed by atoms with Gasteiger partial charge in [0.25, 0.3) is 0 Å². The molecule has 0 bridgehead atoms. The Labute approximate surface area is 105 Å². The van der Waals surface area contributed by atoms with E-state index in [-0.39, 0.29) is 8.41 Å². The molecule has 0 aromatic heterocycles. The monoisotopic (exact) mass is 230 g/mol. The molecule has 0 amide bonds.